The van der Waals surface area contributed by atoms with E-state index in [0.29, 0.717) is 10.6 Å². The Bertz CT molecular complexity index is 610. The molecule has 0 radical (unpaired) electrons. The molecule has 20 heavy (non-hydrogen) atoms. The molecule has 108 valence electrons. The Hall–Kier alpha value is -1.56. The van der Waals surface area contributed by atoms with Crippen LogP contribution in [0.2, 0.25) is 5.02 Å². The Morgan fingerprint density at radius 3 is 2.95 bits per heavy atom. The molecule has 2 aromatic rings. The summed E-state index contributed by atoms with van der Waals surface area (Å²) in [6.07, 6.45) is -0.734. The summed E-state index contributed by atoms with van der Waals surface area (Å²) >= 11 is 6.01. The Balaban J connectivity index is 2.16. The molecule has 1 heterocycles. The zero-order valence-corrected chi connectivity index (χ0v) is 12.1. The monoisotopic (exact) mass is 297 g/mol. The summed E-state index contributed by atoms with van der Waals surface area (Å²) in [5.74, 6) is -0.118. The number of hydrogen-bond acceptors (Lipinski definition) is 4. The van der Waals surface area contributed by atoms with E-state index in [9.17, 15) is 9.90 Å². The highest BCUT2D eigenvalue weighted by atomic mass is 35.5. The van der Waals surface area contributed by atoms with Crippen LogP contribution in [0.3, 0.4) is 0 Å². The van der Waals surface area contributed by atoms with Gasteiger partial charge in [0.25, 0.3) is 5.91 Å². The van der Waals surface area contributed by atoms with Crippen molar-refractivity contribution in [3.8, 4) is 0 Å². The maximum absolute atomic E-state index is 12.2. The lowest BCUT2D eigenvalue weighted by atomic mass is 10.2. The van der Waals surface area contributed by atoms with Crippen LogP contribution in [0.1, 0.15) is 10.6 Å². The molecule has 0 aliphatic heterocycles. The lowest BCUT2D eigenvalue weighted by molar-refractivity contribution is 0.0368. The largest absolute Gasteiger partial charge is 0.449 e. The molecule has 5 nitrogen and oxygen atoms in total. The van der Waals surface area contributed by atoms with Gasteiger partial charge in [0.2, 0.25) is 0 Å². The number of benzene rings is 1. The molecule has 1 amide bonds. The number of para-hydroxylation sites is 1. The first-order valence-electron chi connectivity index (χ1n) is 6.13. The molecule has 2 rings (SSSR count). The zero-order valence-electron chi connectivity index (χ0n) is 11.3. The molecule has 1 aromatic heterocycles. The van der Waals surface area contributed by atoms with Crippen molar-refractivity contribution in [1.82, 2.24) is 4.90 Å². The highest BCUT2D eigenvalue weighted by molar-refractivity contribution is 6.34. The summed E-state index contributed by atoms with van der Waals surface area (Å²) in [7, 11) is 3.09. The van der Waals surface area contributed by atoms with Crippen molar-refractivity contribution in [3.05, 3.63) is 35.0 Å². The van der Waals surface area contributed by atoms with Gasteiger partial charge in [-0.2, -0.15) is 0 Å². The number of furan rings is 1. The van der Waals surface area contributed by atoms with Crippen molar-refractivity contribution in [3.63, 3.8) is 0 Å². The average Bonchev–Trinajstić information content (AvgIpc) is 2.83. The van der Waals surface area contributed by atoms with Crippen LogP contribution in [0.25, 0.3) is 11.0 Å². The molecule has 0 aliphatic carbocycles. The third-order valence-corrected chi connectivity index (χ3v) is 3.19. The maximum Gasteiger partial charge on any atom is 0.289 e. The van der Waals surface area contributed by atoms with Gasteiger partial charge < -0.3 is 19.2 Å². The van der Waals surface area contributed by atoms with Crippen molar-refractivity contribution >= 4 is 28.5 Å². The van der Waals surface area contributed by atoms with Gasteiger partial charge >= 0.3 is 0 Å². The van der Waals surface area contributed by atoms with E-state index in [1.807, 2.05) is 6.07 Å². The second-order valence-corrected chi connectivity index (χ2v) is 4.97. The minimum atomic E-state index is -0.734. The molecule has 0 spiro atoms. The summed E-state index contributed by atoms with van der Waals surface area (Å²) in [5.41, 5.74) is 0.489. The van der Waals surface area contributed by atoms with Crippen LogP contribution in [0.15, 0.2) is 28.7 Å². The molecule has 0 saturated carbocycles. The maximum atomic E-state index is 12.2. The lowest BCUT2D eigenvalue weighted by Gasteiger charge is -2.19. The summed E-state index contributed by atoms with van der Waals surface area (Å²) < 4.78 is 10.3. The molecule has 0 saturated heterocycles. The predicted octanol–water partition coefficient (Wildman–Crippen LogP) is 2.17. The highest BCUT2D eigenvalue weighted by Crippen LogP contribution is 2.27. The van der Waals surface area contributed by atoms with Crippen LogP contribution in [-0.4, -0.2) is 49.3 Å². The van der Waals surface area contributed by atoms with Gasteiger partial charge in [-0.25, -0.2) is 0 Å². The number of fused-ring (bicyclic) bond motifs is 1. The Labute approximate surface area is 121 Å². The van der Waals surface area contributed by atoms with E-state index in [0.717, 1.165) is 5.39 Å². The van der Waals surface area contributed by atoms with E-state index in [1.165, 1.54) is 12.0 Å². The number of rotatable bonds is 5. The van der Waals surface area contributed by atoms with E-state index in [4.69, 9.17) is 20.8 Å². The molecule has 6 heteroatoms. The summed E-state index contributed by atoms with van der Waals surface area (Å²) in [6, 6.07) is 6.96. The third kappa shape index (κ3) is 3.12. The first kappa shape index (κ1) is 14.8. The van der Waals surface area contributed by atoms with Crippen LogP contribution in [0.4, 0.5) is 0 Å². The van der Waals surface area contributed by atoms with Crippen molar-refractivity contribution < 1.29 is 19.1 Å². The van der Waals surface area contributed by atoms with Gasteiger partial charge in [-0.15, -0.1) is 0 Å². The number of halogens is 1. The van der Waals surface area contributed by atoms with Crippen molar-refractivity contribution in [2.45, 2.75) is 6.10 Å². The fourth-order valence-corrected chi connectivity index (χ4v) is 2.19. The Morgan fingerprint density at radius 2 is 2.30 bits per heavy atom. The molecule has 1 unspecified atom stereocenters. The van der Waals surface area contributed by atoms with Crippen LogP contribution >= 0.6 is 11.6 Å². The second-order valence-electron chi connectivity index (χ2n) is 4.56. The fourth-order valence-electron chi connectivity index (χ4n) is 1.97. The topological polar surface area (TPSA) is 62.9 Å². The van der Waals surface area contributed by atoms with Crippen molar-refractivity contribution in [1.29, 1.82) is 0 Å². The predicted molar refractivity (Wildman–Crippen MR) is 76.1 cm³/mol. The first-order valence-corrected chi connectivity index (χ1v) is 6.51. The van der Waals surface area contributed by atoms with Crippen LogP contribution in [0, 0.1) is 0 Å². The number of ether oxygens (including phenoxy) is 1. The van der Waals surface area contributed by atoms with Crippen LogP contribution in [0.5, 0.6) is 0 Å². The van der Waals surface area contributed by atoms with E-state index < -0.39 is 6.10 Å². The second kappa shape index (κ2) is 6.26. The third-order valence-electron chi connectivity index (χ3n) is 2.90. The molecular formula is C14H16ClNO4. The Kier molecular flexibility index (Phi) is 4.65. The molecule has 1 N–H and O–H groups in total. The molecule has 1 atom stereocenters. The fraction of sp³-hybridized carbons (Fsp3) is 0.357. The Morgan fingerprint density at radius 1 is 1.55 bits per heavy atom. The summed E-state index contributed by atoms with van der Waals surface area (Å²) in [4.78, 5) is 13.6. The normalized spacial score (nSPS) is 12.6. The number of amides is 1. The van der Waals surface area contributed by atoms with Crippen LogP contribution < -0.4 is 0 Å². The minimum absolute atomic E-state index is 0.164. The van der Waals surface area contributed by atoms with Crippen molar-refractivity contribution in [2.75, 3.05) is 27.3 Å². The smallest absolute Gasteiger partial charge is 0.289 e. The number of nitrogens with zero attached hydrogens (tertiary/aromatic N) is 1. The quantitative estimate of drug-likeness (QED) is 0.918. The molecule has 0 aliphatic rings. The number of aliphatic hydroxyl groups excluding tert-OH is 1. The van der Waals surface area contributed by atoms with E-state index in [1.54, 1.807) is 25.2 Å². The molecule has 0 fully saturated rings. The van der Waals surface area contributed by atoms with Gasteiger partial charge in [-0.05, 0) is 12.1 Å². The molecule has 0 bridgehead atoms. The van der Waals surface area contributed by atoms with Gasteiger partial charge in [0.1, 0.15) is 0 Å². The van der Waals surface area contributed by atoms with E-state index in [-0.39, 0.29) is 24.8 Å². The number of aliphatic hydroxyl groups is 1. The van der Waals surface area contributed by atoms with Gasteiger partial charge in [-0.1, -0.05) is 23.7 Å². The average molecular weight is 298 g/mol. The SMILES string of the molecule is COCC(O)CN(C)C(=O)c1cc2cccc(Cl)c2o1. The number of likely N-dealkylation sites (N-methyl/N-ethyl adjacent to an activating group) is 1. The van der Waals surface area contributed by atoms with Gasteiger partial charge in [0.05, 0.1) is 17.7 Å². The van der Waals surface area contributed by atoms with Gasteiger partial charge in [0, 0.05) is 26.1 Å². The molecule has 1 aromatic carbocycles. The minimum Gasteiger partial charge on any atom is -0.449 e. The van der Waals surface area contributed by atoms with E-state index in [2.05, 4.69) is 0 Å². The number of hydrogen-bond donors (Lipinski definition) is 1. The molecular weight excluding hydrogens is 282 g/mol. The zero-order chi connectivity index (χ0) is 14.7. The standard InChI is InChI=1S/C14H16ClNO4/c1-16(7-10(17)8-19-2)14(18)12-6-9-4-3-5-11(15)13(9)20-12/h3-6,10,17H,7-8H2,1-2H3. The highest BCUT2D eigenvalue weighted by Gasteiger charge is 2.19. The first-order chi connectivity index (χ1) is 9.52. The van der Waals surface area contributed by atoms with Crippen molar-refractivity contribution in [2.24, 2.45) is 0 Å². The van der Waals surface area contributed by atoms with Gasteiger partial charge in [0.15, 0.2) is 11.3 Å². The number of methoxy groups -OCH3 is 1. The summed E-state index contributed by atoms with van der Waals surface area (Å²) in [6.45, 7) is 0.334. The lowest BCUT2D eigenvalue weighted by Crippen LogP contribution is -2.36. The van der Waals surface area contributed by atoms with Crippen LogP contribution in [-0.2, 0) is 4.74 Å². The van der Waals surface area contributed by atoms with E-state index >= 15 is 0 Å². The van der Waals surface area contributed by atoms with Gasteiger partial charge in [-0.3, -0.25) is 4.79 Å². The number of carbonyl (C=O) groups excluding carboxylic acids is 1. The summed E-state index contributed by atoms with van der Waals surface area (Å²) in [5, 5.41) is 10.9. The number of carbonyl (C=O) groups is 1.